The third-order valence-electron chi connectivity index (χ3n) is 4.69. The first-order valence-electron chi connectivity index (χ1n) is 8.88. The van der Waals surface area contributed by atoms with Crippen LogP contribution in [0.2, 0.25) is 0 Å². The summed E-state index contributed by atoms with van der Waals surface area (Å²) in [6.45, 7) is 6.20. The molecule has 5 nitrogen and oxygen atoms in total. The highest BCUT2D eigenvalue weighted by atomic mass is 19.1. The van der Waals surface area contributed by atoms with E-state index >= 15 is 0 Å². The standard InChI is InChI=1S/C19H25FN4O/c1-14(2)24-17(9-10-22-24)19(25)21-13-18(23-11-5-6-12-23)15-7-3-4-8-16(15)20/h3-4,7-10,14,18H,5-6,11-13H2,1-2H3,(H,21,25)/t18-/m0/s1. The van der Waals surface area contributed by atoms with Gasteiger partial charge in [-0.2, -0.15) is 5.10 Å². The molecule has 0 unspecified atom stereocenters. The van der Waals surface area contributed by atoms with E-state index in [-0.39, 0.29) is 23.8 Å². The lowest BCUT2D eigenvalue weighted by Crippen LogP contribution is -2.38. The van der Waals surface area contributed by atoms with Crippen LogP contribution < -0.4 is 5.32 Å². The number of carbonyl (C=O) groups is 1. The molecule has 1 aromatic heterocycles. The van der Waals surface area contributed by atoms with E-state index in [0.717, 1.165) is 25.9 Å². The number of carbonyl (C=O) groups excluding carboxylic acids is 1. The van der Waals surface area contributed by atoms with Crippen LogP contribution in [-0.4, -0.2) is 40.2 Å². The Hall–Kier alpha value is -2.21. The van der Waals surface area contributed by atoms with Gasteiger partial charge in [0.2, 0.25) is 0 Å². The van der Waals surface area contributed by atoms with Crippen LogP contribution in [0.4, 0.5) is 4.39 Å². The molecule has 1 aliphatic rings. The van der Waals surface area contributed by atoms with Gasteiger partial charge in [-0.15, -0.1) is 0 Å². The van der Waals surface area contributed by atoms with Crippen molar-refractivity contribution in [3.63, 3.8) is 0 Å². The van der Waals surface area contributed by atoms with Gasteiger partial charge in [0.15, 0.2) is 0 Å². The molecule has 134 valence electrons. The highest BCUT2D eigenvalue weighted by Crippen LogP contribution is 2.26. The summed E-state index contributed by atoms with van der Waals surface area (Å²) in [5.74, 6) is -0.396. The highest BCUT2D eigenvalue weighted by molar-refractivity contribution is 5.92. The minimum Gasteiger partial charge on any atom is -0.349 e. The van der Waals surface area contributed by atoms with Crippen LogP contribution in [0, 0.1) is 5.82 Å². The molecule has 3 rings (SSSR count). The largest absolute Gasteiger partial charge is 0.349 e. The van der Waals surface area contributed by atoms with Crippen molar-refractivity contribution in [1.29, 1.82) is 0 Å². The van der Waals surface area contributed by atoms with E-state index < -0.39 is 0 Å². The summed E-state index contributed by atoms with van der Waals surface area (Å²) in [5, 5.41) is 7.17. The zero-order valence-electron chi connectivity index (χ0n) is 14.8. The fraction of sp³-hybridized carbons (Fsp3) is 0.474. The molecule has 0 saturated carbocycles. The molecule has 0 aliphatic carbocycles. The molecule has 2 heterocycles. The molecule has 0 radical (unpaired) electrons. The molecule has 0 spiro atoms. The number of nitrogens with one attached hydrogen (secondary N) is 1. The zero-order chi connectivity index (χ0) is 17.8. The molecule has 1 N–H and O–H groups in total. The number of likely N-dealkylation sites (tertiary alicyclic amines) is 1. The molecular formula is C19H25FN4O. The molecule has 1 fully saturated rings. The average Bonchev–Trinajstić information content (AvgIpc) is 3.28. The third-order valence-corrected chi connectivity index (χ3v) is 4.69. The maximum Gasteiger partial charge on any atom is 0.269 e. The smallest absolute Gasteiger partial charge is 0.269 e. The lowest BCUT2D eigenvalue weighted by atomic mass is 10.0. The van der Waals surface area contributed by atoms with E-state index in [1.807, 2.05) is 26.0 Å². The first kappa shape index (κ1) is 17.6. The van der Waals surface area contributed by atoms with Crippen molar-refractivity contribution in [1.82, 2.24) is 20.0 Å². The Labute approximate surface area is 147 Å². The normalized spacial score (nSPS) is 16.3. The van der Waals surface area contributed by atoms with Gasteiger partial charge in [-0.05, 0) is 51.9 Å². The molecule has 1 aromatic carbocycles. The van der Waals surface area contributed by atoms with Gasteiger partial charge >= 0.3 is 0 Å². The predicted molar refractivity (Wildman–Crippen MR) is 94.9 cm³/mol. The highest BCUT2D eigenvalue weighted by Gasteiger charge is 2.26. The maximum absolute atomic E-state index is 14.3. The van der Waals surface area contributed by atoms with Gasteiger partial charge in [0.25, 0.3) is 5.91 Å². The lowest BCUT2D eigenvalue weighted by molar-refractivity contribution is 0.0924. The van der Waals surface area contributed by atoms with Crippen molar-refractivity contribution >= 4 is 5.91 Å². The van der Waals surface area contributed by atoms with Crippen LogP contribution in [0.25, 0.3) is 0 Å². The van der Waals surface area contributed by atoms with Crippen molar-refractivity contribution in [3.8, 4) is 0 Å². The third kappa shape index (κ3) is 3.90. The first-order chi connectivity index (χ1) is 12.1. The summed E-state index contributed by atoms with van der Waals surface area (Å²) in [4.78, 5) is 14.8. The number of nitrogens with zero attached hydrogens (tertiary/aromatic N) is 3. The number of amides is 1. The second kappa shape index (κ2) is 7.78. The fourth-order valence-corrected chi connectivity index (χ4v) is 3.42. The summed E-state index contributed by atoms with van der Waals surface area (Å²) in [5.41, 5.74) is 1.17. The van der Waals surface area contributed by atoms with E-state index in [2.05, 4.69) is 15.3 Å². The monoisotopic (exact) mass is 344 g/mol. The zero-order valence-corrected chi connectivity index (χ0v) is 14.8. The fourth-order valence-electron chi connectivity index (χ4n) is 3.42. The predicted octanol–water partition coefficient (Wildman–Crippen LogP) is 3.17. The number of hydrogen-bond donors (Lipinski definition) is 1. The Morgan fingerprint density at radius 3 is 2.64 bits per heavy atom. The summed E-state index contributed by atoms with van der Waals surface area (Å²) in [7, 11) is 0. The average molecular weight is 344 g/mol. The SMILES string of the molecule is CC(C)n1nccc1C(=O)NC[C@@H](c1ccccc1F)N1CCCC1. The maximum atomic E-state index is 14.3. The van der Waals surface area contributed by atoms with Gasteiger partial charge in [-0.1, -0.05) is 18.2 Å². The number of rotatable bonds is 6. The molecular weight excluding hydrogens is 319 g/mol. The molecule has 1 saturated heterocycles. The summed E-state index contributed by atoms with van der Waals surface area (Å²) >= 11 is 0. The summed E-state index contributed by atoms with van der Waals surface area (Å²) in [6.07, 6.45) is 3.85. The molecule has 1 atom stereocenters. The number of halogens is 1. The van der Waals surface area contributed by atoms with Gasteiger partial charge in [-0.25, -0.2) is 4.39 Å². The topological polar surface area (TPSA) is 50.2 Å². The molecule has 6 heteroatoms. The van der Waals surface area contributed by atoms with Crippen LogP contribution in [0.1, 0.15) is 54.8 Å². The number of benzene rings is 1. The molecule has 1 amide bonds. The van der Waals surface area contributed by atoms with Gasteiger partial charge < -0.3 is 5.32 Å². The molecule has 2 aromatic rings. The van der Waals surface area contributed by atoms with Crippen molar-refractivity contribution in [2.45, 2.75) is 38.8 Å². The van der Waals surface area contributed by atoms with Crippen LogP contribution in [0.15, 0.2) is 36.5 Å². The van der Waals surface area contributed by atoms with E-state index in [1.165, 1.54) is 6.07 Å². The summed E-state index contributed by atoms with van der Waals surface area (Å²) < 4.78 is 16.0. The van der Waals surface area contributed by atoms with E-state index in [1.54, 1.807) is 23.0 Å². The van der Waals surface area contributed by atoms with Gasteiger partial charge in [-0.3, -0.25) is 14.4 Å². The van der Waals surface area contributed by atoms with E-state index in [4.69, 9.17) is 0 Å². The van der Waals surface area contributed by atoms with Gasteiger partial charge in [0.1, 0.15) is 11.5 Å². The van der Waals surface area contributed by atoms with Crippen LogP contribution >= 0.6 is 0 Å². The minimum absolute atomic E-state index is 0.108. The van der Waals surface area contributed by atoms with Crippen LogP contribution in [0.3, 0.4) is 0 Å². The van der Waals surface area contributed by atoms with Crippen molar-refractivity contribution in [2.75, 3.05) is 19.6 Å². The van der Waals surface area contributed by atoms with Gasteiger partial charge in [0.05, 0.1) is 6.04 Å². The first-order valence-corrected chi connectivity index (χ1v) is 8.88. The Kier molecular flexibility index (Phi) is 5.48. The minimum atomic E-state index is -0.221. The second-order valence-electron chi connectivity index (χ2n) is 6.75. The number of aromatic nitrogens is 2. The Bertz CT molecular complexity index is 722. The Morgan fingerprint density at radius 1 is 1.24 bits per heavy atom. The quantitative estimate of drug-likeness (QED) is 0.876. The molecule has 1 aliphatic heterocycles. The second-order valence-corrected chi connectivity index (χ2v) is 6.75. The van der Waals surface area contributed by atoms with Crippen molar-refractivity contribution in [3.05, 3.63) is 53.6 Å². The van der Waals surface area contributed by atoms with E-state index in [9.17, 15) is 9.18 Å². The van der Waals surface area contributed by atoms with Crippen molar-refractivity contribution in [2.24, 2.45) is 0 Å². The van der Waals surface area contributed by atoms with Gasteiger partial charge in [0, 0.05) is 24.3 Å². The Balaban J connectivity index is 1.76. The van der Waals surface area contributed by atoms with Crippen LogP contribution in [-0.2, 0) is 0 Å². The number of hydrogen-bond acceptors (Lipinski definition) is 3. The summed E-state index contributed by atoms with van der Waals surface area (Å²) in [6, 6.07) is 8.50. The van der Waals surface area contributed by atoms with Crippen molar-refractivity contribution < 1.29 is 9.18 Å². The molecule has 25 heavy (non-hydrogen) atoms. The Morgan fingerprint density at radius 2 is 1.96 bits per heavy atom. The molecule has 0 bridgehead atoms. The van der Waals surface area contributed by atoms with E-state index in [0.29, 0.717) is 17.8 Å². The van der Waals surface area contributed by atoms with Crippen LogP contribution in [0.5, 0.6) is 0 Å². The lowest BCUT2D eigenvalue weighted by Gasteiger charge is -2.28.